The summed E-state index contributed by atoms with van der Waals surface area (Å²) in [5, 5.41) is 3.59. The normalized spacial score (nSPS) is 20.0. The van der Waals surface area contributed by atoms with Gasteiger partial charge in [-0.3, -0.25) is 9.59 Å². The van der Waals surface area contributed by atoms with Gasteiger partial charge >= 0.3 is 0 Å². The van der Waals surface area contributed by atoms with Crippen molar-refractivity contribution in [1.29, 1.82) is 0 Å². The number of pyridine rings is 1. The third kappa shape index (κ3) is 4.67. The molecule has 2 aliphatic rings. The largest absolute Gasteiger partial charge is 0.489 e. The first-order chi connectivity index (χ1) is 13.9. The minimum Gasteiger partial charge on any atom is -0.489 e. The molecule has 2 heterocycles. The van der Waals surface area contributed by atoms with E-state index in [1.807, 2.05) is 44.2 Å². The number of carbonyl (C=O) groups excluding carboxylic acids is 1. The highest BCUT2D eigenvalue weighted by Crippen LogP contribution is 2.39. The Hall–Kier alpha value is -2.27. The predicted octanol–water partition coefficient (Wildman–Crippen LogP) is 4.49. The number of amides is 1. The lowest BCUT2D eigenvalue weighted by Gasteiger charge is -2.23. The van der Waals surface area contributed by atoms with E-state index in [0.29, 0.717) is 29.5 Å². The van der Waals surface area contributed by atoms with Crippen LogP contribution in [0.25, 0.3) is 0 Å². The minimum absolute atomic E-state index is 0.00341. The van der Waals surface area contributed by atoms with Crippen LogP contribution in [0, 0.1) is 0 Å². The number of hydrogen-bond donors (Lipinski definition) is 2. The summed E-state index contributed by atoms with van der Waals surface area (Å²) in [7, 11) is 0. The average molecular weight is 415 g/mol. The van der Waals surface area contributed by atoms with E-state index in [1.165, 1.54) is 0 Å². The number of aromatic amines is 1. The molecule has 1 aliphatic heterocycles. The van der Waals surface area contributed by atoms with Gasteiger partial charge in [0.25, 0.3) is 5.56 Å². The molecule has 0 bridgehead atoms. The standard InChI is InChI=1S/C23H27ClN2O3/c1-13(2)29-21-9-5-15(11-19(21)24)18(12-16-6-10-22(27)25-16)20-8-7-17(14-3-4-14)23(28)26-20/h5,7-9,11,13-14,16,18H,3-4,6,10,12H2,1-2H3,(H,25,27)(H,26,28)/t16-,18?/m1/s1. The smallest absolute Gasteiger partial charge is 0.251 e. The minimum atomic E-state index is -0.0649. The second kappa shape index (κ2) is 8.23. The average Bonchev–Trinajstić information content (AvgIpc) is 3.42. The number of H-pyrrole nitrogens is 1. The Morgan fingerprint density at radius 2 is 1.93 bits per heavy atom. The lowest BCUT2D eigenvalue weighted by atomic mass is 9.88. The number of rotatable bonds is 7. The number of nitrogens with one attached hydrogen (secondary N) is 2. The van der Waals surface area contributed by atoms with Crippen molar-refractivity contribution in [2.24, 2.45) is 0 Å². The molecule has 2 N–H and O–H groups in total. The van der Waals surface area contributed by atoms with Crippen molar-refractivity contribution < 1.29 is 9.53 Å². The van der Waals surface area contributed by atoms with Crippen LogP contribution in [0.3, 0.4) is 0 Å². The third-order valence-electron chi connectivity index (χ3n) is 5.68. The molecule has 1 saturated carbocycles. The summed E-state index contributed by atoms with van der Waals surface area (Å²) in [6, 6.07) is 9.86. The Kier molecular flexibility index (Phi) is 5.68. The van der Waals surface area contributed by atoms with Crippen molar-refractivity contribution >= 4 is 17.5 Å². The van der Waals surface area contributed by atoms with Gasteiger partial charge in [-0.05, 0) is 69.2 Å². The first-order valence-electron chi connectivity index (χ1n) is 10.4. The first-order valence-corrected chi connectivity index (χ1v) is 10.8. The molecule has 1 saturated heterocycles. The number of ether oxygens (including phenoxy) is 1. The molecule has 4 rings (SSSR count). The van der Waals surface area contributed by atoms with E-state index in [9.17, 15) is 9.59 Å². The van der Waals surface area contributed by atoms with Gasteiger partial charge < -0.3 is 15.0 Å². The van der Waals surface area contributed by atoms with E-state index in [0.717, 1.165) is 36.1 Å². The second-order valence-electron chi connectivity index (χ2n) is 8.42. The van der Waals surface area contributed by atoms with E-state index in [-0.39, 0.29) is 29.5 Å². The highest BCUT2D eigenvalue weighted by Gasteiger charge is 2.29. The molecular weight excluding hydrogens is 388 g/mol. The summed E-state index contributed by atoms with van der Waals surface area (Å²) >= 11 is 6.48. The fraction of sp³-hybridized carbons (Fsp3) is 0.478. The summed E-state index contributed by atoms with van der Waals surface area (Å²) < 4.78 is 5.75. The molecule has 1 aromatic heterocycles. The topological polar surface area (TPSA) is 71.2 Å². The molecule has 1 aliphatic carbocycles. The van der Waals surface area contributed by atoms with Gasteiger partial charge in [0.2, 0.25) is 5.91 Å². The molecule has 154 valence electrons. The Bertz CT molecular complexity index is 965. The molecule has 1 amide bonds. The Morgan fingerprint density at radius 3 is 2.52 bits per heavy atom. The molecule has 2 aromatic rings. The molecule has 5 nitrogen and oxygen atoms in total. The van der Waals surface area contributed by atoms with Gasteiger partial charge in [-0.1, -0.05) is 23.7 Å². The lowest BCUT2D eigenvalue weighted by molar-refractivity contribution is -0.119. The SMILES string of the molecule is CC(C)Oc1ccc(C(C[C@H]2CCC(=O)N2)c2ccc(C3CC3)c(=O)[nH]2)cc1Cl. The maximum absolute atomic E-state index is 12.6. The molecule has 2 fully saturated rings. The van der Waals surface area contributed by atoms with Crippen LogP contribution < -0.4 is 15.6 Å². The predicted molar refractivity (Wildman–Crippen MR) is 114 cm³/mol. The van der Waals surface area contributed by atoms with Crippen LogP contribution in [0.5, 0.6) is 5.75 Å². The van der Waals surface area contributed by atoms with Gasteiger partial charge in [-0.2, -0.15) is 0 Å². The van der Waals surface area contributed by atoms with E-state index in [4.69, 9.17) is 16.3 Å². The van der Waals surface area contributed by atoms with Crippen LogP contribution in [-0.4, -0.2) is 23.0 Å². The number of benzene rings is 1. The van der Waals surface area contributed by atoms with E-state index >= 15 is 0 Å². The molecule has 29 heavy (non-hydrogen) atoms. The number of aromatic nitrogens is 1. The summed E-state index contributed by atoms with van der Waals surface area (Å²) in [6.45, 7) is 3.92. The lowest BCUT2D eigenvalue weighted by Crippen LogP contribution is -2.28. The maximum atomic E-state index is 12.6. The van der Waals surface area contributed by atoms with Crippen LogP contribution in [0.2, 0.25) is 5.02 Å². The number of carbonyl (C=O) groups is 1. The van der Waals surface area contributed by atoms with Crippen LogP contribution in [0.15, 0.2) is 35.1 Å². The van der Waals surface area contributed by atoms with Crippen LogP contribution in [-0.2, 0) is 4.79 Å². The van der Waals surface area contributed by atoms with E-state index in [1.54, 1.807) is 0 Å². The fourth-order valence-electron chi connectivity index (χ4n) is 4.08. The molecule has 6 heteroatoms. The van der Waals surface area contributed by atoms with Crippen molar-refractivity contribution in [3.63, 3.8) is 0 Å². The molecule has 0 radical (unpaired) electrons. The Labute approximate surface area is 175 Å². The number of hydrogen-bond acceptors (Lipinski definition) is 3. The highest BCUT2D eigenvalue weighted by atomic mass is 35.5. The zero-order chi connectivity index (χ0) is 20.5. The molecule has 1 unspecified atom stereocenters. The van der Waals surface area contributed by atoms with Gasteiger partial charge in [0.05, 0.1) is 11.1 Å². The number of halogens is 1. The quantitative estimate of drug-likeness (QED) is 0.701. The first kappa shape index (κ1) is 20.0. The van der Waals surface area contributed by atoms with Gasteiger partial charge in [-0.15, -0.1) is 0 Å². The molecule has 2 atom stereocenters. The van der Waals surface area contributed by atoms with Crippen molar-refractivity contribution in [1.82, 2.24) is 10.3 Å². The molecular formula is C23H27ClN2O3. The third-order valence-corrected chi connectivity index (χ3v) is 5.98. The van der Waals surface area contributed by atoms with Gasteiger partial charge in [0, 0.05) is 29.6 Å². The van der Waals surface area contributed by atoms with Crippen molar-refractivity contribution in [3.05, 3.63) is 62.5 Å². The van der Waals surface area contributed by atoms with Gasteiger partial charge in [0.15, 0.2) is 0 Å². The van der Waals surface area contributed by atoms with Gasteiger partial charge in [0.1, 0.15) is 5.75 Å². The highest BCUT2D eigenvalue weighted by molar-refractivity contribution is 6.32. The summed E-state index contributed by atoms with van der Waals surface area (Å²) in [5.41, 5.74) is 2.73. The van der Waals surface area contributed by atoms with E-state index < -0.39 is 0 Å². The van der Waals surface area contributed by atoms with E-state index in [2.05, 4.69) is 10.3 Å². The van der Waals surface area contributed by atoms with Crippen LogP contribution >= 0.6 is 11.6 Å². The molecule has 0 spiro atoms. The maximum Gasteiger partial charge on any atom is 0.251 e. The van der Waals surface area contributed by atoms with Gasteiger partial charge in [-0.25, -0.2) is 0 Å². The summed E-state index contributed by atoms with van der Waals surface area (Å²) in [4.78, 5) is 27.4. The second-order valence-corrected chi connectivity index (χ2v) is 8.83. The van der Waals surface area contributed by atoms with Crippen LogP contribution in [0.1, 0.15) is 74.6 Å². The monoisotopic (exact) mass is 414 g/mol. The van der Waals surface area contributed by atoms with Crippen molar-refractivity contribution in [2.75, 3.05) is 0 Å². The van der Waals surface area contributed by atoms with Crippen molar-refractivity contribution in [2.45, 2.75) is 69.9 Å². The van der Waals surface area contributed by atoms with Crippen LogP contribution in [0.4, 0.5) is 0 Å². The fourth-order valence-corrected chi connectivity index (χ4v) is 4.32. The summed E-state index contributed by atoms with van der Waals surface area (Å²) in [6.07, 6.45) is 4.29. The Morgan fingerprint density at radius 1 is 1.14 bits per heavy atom. The zero-order valence-corrected chi connectivity index (χ0v) is 17.6. The zero-order valence-electron chi connectivity index (χ0n) is 16.8. The van der Waals surface area contributed by atoms with Crippen molar-refractivity contribution in [3.8, 4) is 5.75 Å². The molecule has 1 aromatic carbocycles. The Balaban J connectivity index is 1.66. The summed E-state index contributed by atoms with van der Waals surface area (Å²) in [5.74, 6) is 1.08.